The molecule has 0 aliphatic rings. The van der Waals surface area contributed by atoms with Crippen LogP contribution in [0.2, 0.25) is 0 Å². The molecule has 0 atom stereocenters. The third kappa shape index (κ3) is 6.13. The van der Waals surface area contributed by atoms with Gasteiger partial charge in [0.15, 0.2) is 6.61 Å². The lowest BCUT2D eigenvalue weighted by Gasteiger charge is -2.12. The molecule has 6 nitrogen and oxygen atoms in total. The number of nitriles is 1. The van der Waals surface area contributed by atoms with Gasteiger partial charge in [0.25, 0.3) is 5.91 Å². The molecule has 0 aromatic heterocycles. The summed E-state index contributed by atoms with van der Waals surface area (Å²) in [6, 6.07) is 12.2. The Morgan fingerprint density at radius 1 is 1.14 bits per heavy atom. The number of carbonyl (C=O) groups excluding carboxylic acids is 2. The number of hydrogen-bond donors (Lipinski definition) is 1. The minimum atomic E-state index is -0.638. The van der Waals surface area contributed by atoms with Gasteiger partial charge in [-0.2, -0.15) is 5.26 Å². The highest BCUT2D eigenvalue weighted by atomic mass is 16.5. The van der Waals surface area contributed by atoms with E-state index in [1.165, 1.54) is 17.7 Å². The van der Waals surface area contributed by atoms with E-state index in [0.29, 0.717) is 25.1 Å². The summed E-state index contributed by atoms with van der Waals surface area (Å²) in [5.74, 6) is -0.161. The van der Waals surface area contributed by atoms with Crippen LogP contribution in [0.15, 0.2) is 36.4 Å². The number of amides is 1. The van der Waals surface area contributed by atoms with Crippen molar-refractivity contribution < 1.29 is 19.1 Å². The first-order chi connectivity index (χ1) is 13.4. The Balaban J connectivity index is 1.68. The van der Waals surface area contributed by atoms with E-state index in [4.69, 9.17) is 14.7 Å². The van der Waals surface area contributed by atoms with Crippen LogP contribution in [-0.4, -0.2) is 31.6 Å². The van der Waals surface area contributed by atoms with Gasteiger partial charge >= 0.3 is 5.97 Å². The molecule has 1 amide bonds. The van der Waals surface area contributed by atoms with Gasteiger partial charge in [-0.1, -0.05) is 12.1 Å². The van der Waals surface area contributed by atoms with E-state index in [-0.39, 0.29) is 18.1 Å². The highest BCUT2D eigenvalue weighted by Crippen LogP contribution is 2.23. The van der Waals surface area contributed by atoms with Crippen LogP contribution >= 0.6 is 0 Å². The monoisotopic (exact) mass is 380 g/mol. The van der Waals surface area contributed by atoms with Crippen molar-refractivity contribution >= 4 is 11.9 Å². The molecular formula is C22H24N2O4. The first-order valence-corrected chi connectivity index (χ1v) is 9.05. The van der Waals surface area contributed by atoms with Crippen LogP contribution in [0, 0.1) is 32.1 Å². The minimum Gasteiger partial charge on any atom is -0.493 e. The van der Waals surface area contributed by atoms with Crippen molar-refractivity contribution in [3.8, 4) is 11.8 Å². The summed E-state index contributed by atoms with van der Waals surface area (Å²) in [7, 11) is 0. The van der Waals surface area contributed by atoms with E-state index in [1.807, 2.05) is 32.9 Å². The van der Waals surface area contributed by atoms with Crippen LogP contribution in [0.1, 0.15) is 39.0 Å². The predicted octanol–water partition coefficient (Wildman–Crippen LogP) is 3.23. The zero-order valence-corrected chi connectivity index (χ0v) is 16.4. The molecule has 0 heterocycles. The maximum Gasteiger partial charge on any atom is 0.338 e. The topological polar surface area (TPSA) is 88.4 Å². The van der Waals surface area contributed by atoms with E-state index in [2.05, 4.69) is 11.4 Å². The number of nitrogens with zero attached hydrogens (tertiary/aromatic N) is 1. The van der Waals surface area contributed by atoms with Gasteiger partial charge in [0, 0.05) is 6.54 Å². The summed E-state index contributed by atoms with van der Waals surface area (Å²) in [5, 5.41) is 11.5. The zero-order chi connectivity index (χ0) is 20.5. The maximum atomic E-state index is 11.9. The second-order valence-corrected chi connectivity index (χ2v) is 6.53. The van der Waals surface area contributed by atoms with Gasteiger partial charge in [-0.25, -0.2) is 4.79 Å². The molecule has 0 fully saturated rings. The van der Waals surface area contributed by atoms with E-state index in [9.17, 15) is 9.59 Å². The molecule has 0 saturated carbocycles. The van der Waals surface area contributed by atoms with E-state index in [1.54, 1.807) is 12.1 Å². The SMILES string of the molecule is Cc1cc(C)c(C)c(OCCCNC(=O)COC(=O)c2cccc(C#N)c2)c1. The van der Waals surface area contributed by atoms with Crippen LogP contribution in [-0.2, 0) is 9.53 Å². The van der Waals surface area contributed by atoms with Crippen LogP contribution in [0.25, 0.3) is 0 Å². The van der Waals surface area contributed by atoms with Crippen LogP contribution in [0.5, 0.6) is 5.75 Å². The molecule has 0 unspecified atom stereocenters. The molecular weight excluding hydrogens is 356 g/mol. The van der Waals surface area contributed by atoms with Crippen LogP contribution in [0.4, 0.5) is 0 Å². The van der Waals surface area contributed by atoms with Gasteiger partial charge < -0.3 is 14.8 Å². The molecule has 0 spiro atoms. The smallest absolute Gasteiger partial charge is 0.338 e. The Labute approximate surface area is 165 Å². The summed E-state index contributed by atoms with van der Waals surface area (Å²) >= 11 is 0. The normalized spacial score (nSPS) is 10.1. The Morgan fingerprint density at radius 2 is 1.93 bits per heavy atom. The van der Waals surface area contributed by atoms with E-state index in [0.717, 1.165) is 16.9 Å². The van der Waals surface area contributed by atoms with Gasteiger partial charge in [0.1, 0.15) is 5.75 Å². The fourth-order valence-corrected chi connectivity index (χ4v) is 2.61. The number of carbonyl (C=O) groups is 2. The fraction of sp³-hybridized carbons (Fsp3) is 0.318. The molecule has 1 N–H and O–H groups in total. The highest BCUT2D eigenvalue weighted by molar-refractivity contribution is 5.91. The number of ether oxygens (including phenoxy) is 2. The lowest BCUT2D eigenvalue weighted by Crippen LogP contribution is -2.30. The second kappa shape index (κ2) is 10.1. The number of hydrogen-bond acceptors (Lipinski definition) is 5. The van der Waals surface area contributed by atoms with Crippen molar-refractivity contribution in [2.75, 3.05) is 19.8 Å². The first kappa shape index (κ1) is 21.0. The van der Waals surface area contributed by atoms with Gasteiger partial charge in [0.05, 0.1) is 23.8 Å². The zero-order valence-electron chi connectivity index (χ0n) is 16.4. The lowest BCUT2D eigenvalue weighted by atomic mass is 10.1. The molecule has 6 heteroatoms. The summed E-state index contributed by atoms with van der Waals surface area (Å²) in [6.45, 7) is 6.62. The molecule has 28 heavy (non-hydrogen) atoms. The van der Waals surface area contributed by atoms with Gasteiger partial charge in [-0.3, -0.25) is 4.79 Å². The molecule has 0 radical (unpaired) electrons. The van der Waals surface area contributed by atoms with Crippen molar-refractivity contribution in [3.63, 3.8) is 0 Å². The minimum absolute atomic E-state index is 0.240. The average Bonchev–Trinajstić information content (AvgIpc) is 2.69. The Hall–Kier alpha value is -3.33. The van der Waals surface area contributed by atoms with Gasteiger partial charge in [0.2, 0.25) is 0 Å². The van der Waals surface area contributed by atoms with Crippen molar-refractivity contribution in [1.82, 2.24) is 5.32 Å². The van der Waals surface area contributed by atoms with Crippen LogP contribution in [0.3, 0.4) is 0 Å². The summed E-state index contributed by atoms with van der Waals surface area (Å²) < 4.78 is 10.8. The highest BCUT2D eigenvalue weighted by Gasteiger charge is 2.10. The Morgan fingerprint density at radius 3 is 2.68 bits per heavy atom. The van der Waals surface area contributed by atoms with E-state index >= 15 is 0 Å². The largest absolute Gasteiger partial charge is 0.493 e. The summed E-state index contributed by atoms with van der Waals surface area (Å²) in [5.41, 5.74) is 4.04. The molecule has 0 aliphatic heterocycles. The molecule has 2 aromatic rings. The molecule has 0 saturated heterocycles. The van der Waals surface area contributed by atoms with Gasteiger partial charge in [-0.15, -0.1) is 0 Å². The quantitative estimate of drug-likeness (QED) is 0.561. The lowest BCUT2D eigenvalue weighted by molar-refractivity contribution is -0.124. The summed E-state index contributed by atoms with van der Waals surface area (Å²) in [6.07, 6.45) is 0.635. The molecule has 0 bridgehead atoms. The number of nitrogens with one attached hydrogen (secondary N) is 1. The number of aryl methyl sites for hydroxylation is 2. The third-order valence-electron chi connectivity index (χ3n) is 4.23. The Bertz CT molecular complexity index is 900. The van der Waals surface area contributed by atoms with Crippen molar-refractivity contribution in [1.29, 1.82) is 5.26 Å². The first-order valence-electron chi connectivity index (χ1n) is 9.05. The van der Waals surface area contributed by atoms with Crippen LogP contribution < -0.4 is 10.1 Å². The summed E-state index contributed by atoms with van der Waals surface area (Å²) in [4.78, 5) is 23.7. The third-order valence-corrected chi connectivity index (χ3v) is 4.23. The number of esters is 1. The number of benzene rings is 2. The fourth-order valence-electron chi connectivity index (χ4n) is 2.61. The standard InChI is InChI=1S/C22H24N2O4/c1-15-10-16(2)17(3)20(11-15)27-9-5-8-24-21(25)14-28-22(26)19-7-4-6-18(12-19)13-23/h4,6-7,10-12H,5,8-9,14H2,1-3H3,(H,24,25). The molecule has 146 valence electrons. The van der Waals surface area contributed by atoms with Crippen molar-refractivity contribution in [3.05, 3.63) is 64.2 Å². The Kier molecular flexibility index (Phi) is 7.58. The predicted molar refractivity (Wildman–Crippen MR) is 105 cm³/mol. The van der Waals surface area contributed by atoms with E-state index < -0.39 is 5.97 Å². The number of rotatable bonds is 8. The second-order valence-electron chi connectivity index (χ2n) is 6.53. The molecule has 0 aliphatic carbocycles. The average molecular weight is 380 g/mol. The molecule has 2 aromatic carbocycles. The maximum absolute atomic E-state index is 11.9. The van der Waals surface area contributed by atoms with Crippen molar-refractivity contribution in [2.24, 2.45) is 0 Å². The van der Waals surface area contributed by atoms with Crippen molar-refractivity contribution in [2.45, 2.75) is 27.2 Å². The molecule has 2 rings (SSSR count). The van der Waals surface area contributed by atoms with Gasteiger partial charge in [-0.05, 0) is 68.1 Å².